The largest absolute Gasteiger partial charge is 0.386 e. The van der Waals surface area contributed by atoms with Gasteiger partial charge in [-0.2, -0.15) is 0 Å². The molecule has 0 aromatic carbocycles. The highest BCUT2D eigenvalue weighted by Crippen LogP contribution is 2.26. The molecule has 2 rings (SSSR count). The Labute approximate surface area is 123 Å². The predicted molar refractivity (Wildman–Crippen MR) is 84.2 cm³/mol. The summed E-state index contributed by atoms with van der Waals surface area (Å²) in [5, 5.41) is 12.1. The molecule has 0 bridgehead atoms. The standard InChI is InChI=1S/C16H21NO2S/c1-4-5-10-17-13(14-7-6-11-20-14)9-8-12(15(17)18)16(2,3)19/h6-9,11,19H,4-5,10H2,1-3H3. The van der Waals surface area contributed by atoms with Crippen LogP contribution in [0.2, 0.25) is 0 Å². The van der Waals surface area contributed by atoms with Gasteiger partial charge in [-0.3, -0.25) is 4.79 Å². The highest BCUT2D eigenvalue weighted by Gasteiger charge is 2.22. The van der Waals surface area contributed by atoms with Gasteiger partial charge >= 0.3 is 0 Å². The van der Waals surface area contributed by atoms with Crippen LogP contribution in [-0.4, -0.2) is 9.67 Å². The zero-order chi connectivity index (χ0) is 14.8. The second-order valence-electron chi connectivity index (χ2n) is 5.48. The second kappa shape index (κ2) is 5.94. The minimum atomic E-state index is -1.11. The molecule has 1 N–H and O–H groups in total. The lowest BCUT2D eigenvalue weighted by Crippen LogP contribution is -2.32. The Kier molecular flexibility index (Phi) is 4.45. The number of nitrogens with zero attached hydrogens (tertiary/aromatic N) is 1. The van der Waals surface area contributed by atoms with Gasteiger partial charge in [0.1, 0.15) is 0 Å². The molecule has 4 heteroatoms. The molecule has 0 radical (unpaired) electrons. The van der Waals surface area contributed by atoms with Crippen LogP contribution >= 0.6 is 11.3 Å². The molecule has 2 aromatic heterocycles. The molecular formula is C16H21NO2S. The number of pyridine rings is 1. The summed E-state index contributed by atoms with van der Waals surface area (Å²) in [7, 11) is 0. The topological polar surface area (TPSA) is 42.2 Å². The van der Waals surface area contributed by atoms with Gasteiger partial charge in [0, 0.05) is 12.1 Å². The predicted octanol–water partition coefficient (Wildman–Crippen LogP) is 3.60. The van der Waals surface area contributed by atoms with Gasteiger partial charge in [-0.05, 0) is 43.8 Å². The number of aromatic nitrogens is 1. The van der Waals surface area contributed by atoms with Crippen LogP contribution in [0.4, 0.5) is 0 Å². The average molecular weight is 291 g/mol. The van der Waals surface area contributed by atoms with Gasteiger partial charge in [-0.15, -0.1) is 11.3 Å². The van der Waals surface area contributed by atoms with Crippen molar-refractivity contribution in [3.05, 3.63) is 45.6 Å². The first-order chi connectivity index (χ1) is 9.45. The molecule has 2 heterocycles. The molecule has 0 amide bonds. The van der Waals surface area contributed by atoms with Gasteiger partial charge in [0.15, 0.2) is 0 Å². The summed E-state index contributed by atoms with van der Waals surface area (Å²) in [6.45, 7) is 6.10. The van der Waals surface area contributed by atoms with Crippen LogP contribution in [0, 0.1) is 0 Å². The molecule has 20 heavy (non-hydrogen) atoms. The number of rotatable bonds is 5. The average Bonchev–Trinajstić information content (AvgIpc) is 2.89. The lowest BCUT2D eigenvalue weighted by atomic mass is 9.99. The van der Waals surface area contributed by atoms with Gasteiger partial charge in [0.2, 0.25) is 0 Å². The van der Waals surface area contributed by atoms with Gasteiger partial charge in [0.05, 0.1) is 16.2 Å². The maximum atomic E-state index is 12.6. The number of thiophene rings is 1. The summed E-state index contributed by atoms with van der Waals surface area (Å²) in [4.78, 5) is 13.7. The summed E-state index contributed by atoms with van der Waals surface area (Å²) in [6.07, 6.45) is 1.98. The first kappa shape index (κ1) is 15.0. The Morgan fingerprint density at radius 2 is 2.05 bits per heavy atom. The van der Waals surface area contributed by atoms with Crippen LogP contribution in [0.25, 0.3) is 10.6 Å². The SMILES string of the molecule is CCCCn1c(-c2cccs2)ccc(C(C)(C)O)c1=O. The fourth-order valence-electron chi connectivity index (χ4n) is 2.22. The summed E-state index contributed by atoms with van der Waals surface area (Å²) in [5.74, 6) is 0. The Morgan fingerprint density at radius 3 is 2.60 bits per heavy atom. The maximum absolute atomic E-state index is 12.6. The quantitative estimate of drug-likeness (QED) is 0.914. The molecule has 0 atom stereocenters. The summed E-state index contributed by atoms with van der Waals surface area (Å²) in [6, 6.07) is 7.69. The van der Waals surface area contributed by atoms with E-state index < -0.39 is 5.60 Å². The number of hydrogen-bond acceptors (Lipinski definition) is 3. The molecule has 0 unspecified atom stereocenters. The van der Waals surface area contributed by atoms with Crippen LogP contribution < -0.4 is 5.56 Å². The van der Waals surface area contributed by atoms with Gasteiger partial charge in [-0.1, -0.05) is 19.4 Å². The third kappa shape index (κ3) is 3.02. The molecule has 0 aliphatic carbocycles. The normalized spacial score (nSPS) is 11.8. The molecule has 3 nitrogen and oxygen atoms in total. The Bertz CT molecular complexity index is 621. The zero-order valence-electron chi connectivity index (χ0n) is 12.2. The maximum Gasteiger partial charge on any atom is 0.257 e. The third-order valence-corrected chi connectivity index (χ3v) is 4.23. The van der Waals surface area contributed by atoms with Crippen molar-refractivity contribution >= 4 is 11.3 Å². The molecule has 0 saturated carbocycles. The molecular weight excluding hydrogens is 270 g/mol. The fraction of sp³-hybridized carbons (Fsp3) is 0.438. The van der Waals surface area contributed by atoms with E-state index in [9.17, 15) is 9.90 Å². The number of unbranched alkanes of at least 4 members (excludes halogenated alkanes) is 1. The first-order valence-electron chi connectivity index (χ1n) is 6.95. The summed E-state index contributed by atoms with van der Waals surface area (Å²) in [5.41, 5.74) is 0.191. The Balaban J connectivity index is 2.59. The van der Waals surface area contributed by atoms with Crippen molar-refractivity contribution in [3.8, 4) is 10.6 Å². The smallest absolute Gasteiger partial charge is 0.257 e. The van der Waals surface area contributed by atoms with Crippen LogP contribution in [0.5, 0.6) is 0 Å². The highest BCUT2D eigenvalue weighted by atomic mass is 32.1. The first-order valence-corrected chi connectivity index (χ1v) is 7.83. The van der Waals surface area contributed by atoms with Crippen molar-refractivity contribution in [3.63, 3.8) is 0 Å². The zero-order valence-corrected chi connectivity index (χ0v) is 13.0. The highest BCUT2D eigenvalue weighted by molar-refractivity contribution is 7.13. The number of hydrogen-bond donors (Lipinski definition) is 1. The van der Waals surface area contributed by atoms with Crippen LogP contribution in [-0.2, 0) is 12.1 Å². The van der Waals surface area contributed by atoms with Crippen molar-refractivity contribution in [2.24, 2.45) is 0 Å². The minimum absolute atomic E-state index is 0.0862. The molecule has 0 saturated heterocycles. The molecule has 0 fully saturated rings. The second-order valence-corrected chi connectivity index (χ2v) is 6.43. The van der Waals surface area contributed by atoms with Crippen molar-refractivity contribution in [1.82, 2.24) is 4.57 Å². The molecule has 0 spiro atoms. The van der Waals surface area contributed by atoms with Crippen molar-refractivity contribution in [2.45, 2.75) is 45.8 Å². The van der Waals surface area contributed by atoms with E-state index in [-0.39, 0.29) is 5.56 Å². The van der Waals surface area contributed by atoms with Crippen molar-refractivity contribution in [1.29, 1.82) is 0 Å². The minimum Gasteiger partial charge on any atom is -0.386 e. The Hall–Kier alpha value is -1.39. The van der Waals surface area contributed by atoms with Crippen LogP contribution in [0.3, 0.4) is 0 Å². The van der Waals surface area contributed by atoms with Crippen molar-refractivity contribution < 1.29 is 5.11 Å². The number of aliphatic hydroxyl groups is 1. The monoisotopic (exact) mass is 291 g/mol. The lowest BCUT2D eigenvalue weighted by Gasteiger charge is -2.20. The fourth-order valence-corrected chi connectivity index (χ4v) is 2.98. The van der Waals surface area contributed by atoms with E-state index in [2.05, 4.69) is 6.92 Å². The third-order valence-electron chi connectivity index (χ3n) is 3.34. The lowest BCUT2D eigenvalue weighted by molar-refractivity contribution is 0.0765. The van der Waals surface area contributed by atoms with E-state index in [1.807, 2.05) is 23.6 Å². The van der Waals surface area contributed by atoms with E-state index >= 15 is 0 Å². The molecule has 2 aromatic rings. The molecule has 0 aliphatic heterocycles. The summed E-state index contributed by atoms with van der Waals surface area (Å²) < 4.78 is 1.79. The molecule has 108 valence electrons. The van der Waals surface area contributed by atoms with E-state index in [4.69, 9.17) is 0 Å². The van der Waals surface area contributed by atoms with Crippen LogP contribution in [0.1, 0.15) is 39.2 Å². The molecule has 0 aliphatic rings. The van der Waals surface area contributed by atoms with Crippen LogP contribution in [0.15, 0.2) is 34.4 Å². The van der Waals surface area contributed by atoms with Gasteiger partial charge < -0.3 is 9.67 Å². The van der Waals surface area contributed by atoms with E-state index in [0.717, 1.165) is 23.4 Å². The Morgan fingerprint density at radius 1 is 1.30 bits per heavy atom. The summed E-state index contributed by atoms with van der Waals surface area (Å²) >= 11 is 1.62. The van der Waals surface area contributed by atoms with Gasteiger partial charge in [0.25, 0.3) is 5.56 Å². The van der Waals surface area contributed by atoms with E-state index in [1.54, 1.807) is 35.8 Å². The van der Waals surface area contributed by atoms with E-state index in [1.165, 1.54) is 0 Å². The van der Waals surface area contributed by atoms with Crippen molar-refractivity contribution in [2.75, 3.05) is 0 Å². The van der Waals surface area contributed by atoms with E-state index in [0.29, 0.717) is 12.1 Å². The van der Waals surface area contributed by atoms with Gasteiger partial charge in [-0.25, -0.2) is 0 Å².